The summed E-state index contributed by atoms with van der Waals surface area (Å²) in [5.74, 6) is 0.227. The van der Waals surface area contributed by atoms with Gasteiger partial charge >= 0.3 is 0 Å². The molecule has 168 valence electrons. The van der Waals surface area contributed by atoms with Crippen LogP contribution in [-0.4, -0.2) is 54.5 Å². The van der Waals surface area contributed by atoms with Gasteiger partial charge in [-0.05, 0) is 35.9 Å². The molecule has 1 N–H and O–H groups in total. The van der Waals surface area contributed by atoms with Crippen molar-refractivity contribution in [2.45, 2.75) is 10.9 Å². The predicted octanol–water partition coefficient (Wildman–Crippen LogP) is 2.61. The van der Waals surface area contributed by atoms with Gasteiger partial charge in [0.2, 0.25) is 10.0 Å². The van der Waals surface area contributed by atoms with Crippen molar-refractivity contribution in [3.8, 4) is 0 Å². The molecule has 0 spiro atoms. The minimum Gasteiger partial charge on any atom is -0.379 e. The molecule has 4 rings (SSSR count). The smallest absolute Gasteiger partial charge is 0.252 e. The first-order chi connectivity index (χ1) is 15.4. The predicted molar refractivity (Wildman–Crippen MR) is 120 cm³/mol. The number of aromatic nitrogens is 2. The lowest BCUT2D eigenvalue weighted by molar-refractivity contribution is 0.0730. The van der Waals surface area contributed by atoms with E-state index in [1.54, 1.807) is 36.7 Å². The fraction of sp³-hybridized carbons (Fsp3) is 0.273. The van der Waals surface area contributed by atoms with Crippen LogP contribution in [0.1, 0.15) is 27.8 Å². The average molecular weight is 475 g/mol. The van der Waals surface area contributed by atoms with Crippen LogP contribution in [0, 0.1) is 0 Å². The van der Waals surface area contributed by atoms with Crippen LogP contribution in [0.25, 0.3) is 0 Å². The highest BCUT2D eigenvalue weighted by molar-refractivity contribution is 7.89. The van der Waals surface area contributed by atoms with Crippen LogP contribution in [0.3, 0.4) is 0 Å². The van der Waals surface area contributed by atoms with Crippen LogP contribution in [0.5, 0.6) is 0 Å². The van der Waals surface area contributed by atoms with Crippen LogP contribution >= 0.6 is 11.6 Å². The largest absolute Gasteiger partial charge is 0.379 e. The summed E-state index contributed by atoms with van der Waals surface area (Å²) in [6.45, 7) is 1.28. The molecule has 1 saturated heterocycles. The van der Waals surface area contributed by atoms with E-state index in [9.17, 15) is 13.2 Å². The zero-order valence-corrected chi connectivity index (χ0v) is 19.0. The van der Waals surface area contributed by atoms with Crippen molar-refractivity contribution in [2.24, 2.45) is 7.05 Å². The highest BCUT2D eigenvalue weighted by atomic mass is 35.5. The molecule has 0 radical (unpaired) electrons. The number of carbonyl (C=O) groups excluding carboxylic acids is 1. The lowest BCUT2D eigenvalue weighted by atomic mass is 10.1. The van der Waals surface area contributed by atoms with E-state index in [4.69, 9.17) is 16.3 Å². The Kier molecular flexibility index (Phi) is 6.61. The number of ether oxygens (including phenoxy) is 1. The SMILES string of the molecule is Cn1ccnc1C(NC(=O)c1cccc(S(=O)(=O)N2CCOCC2)c1)c1ccc(Cl)cc1. The summed E-state index contributed by atoms with van der Waals surface area (Å²) in [6.07, 6.45) is 3.44. The molecule has 2 aromatic carbocycles. The third-order valence-corrected chi connectivity index (χ3v) is 7.45. The van der Waals surface area contributed by atoms with E-state index in [1.807, 2.05) is 23.7 Å². The molecule has 1 amide bonds. The number of hydrogen-bond acceptors (Lipinski definition) is 5. The number of carbonyl (C=O) groups is 1. The first-order valence-electron chi connectivity index (χ1n) is 10.1. The summed E-state index contributed by atoms with van der Waals surface area (Å²) in [4.78, 5) is 17.6. The molecular weight excluding hydrogens is 452 g/mol. The first kappa shape index (κ1) is 22.5. The second kappa shape index (κ2) is 9.41. The third kappa shape index (κ3) is 4.71. The van der Waals surface area contributed by atoms with Gasteiger partial charge in [-0.15, -0.1) is 0 Å². The number of rotatable bonds is 6. The fourth-order valence-corrected chi connectivity index (χ4v) is 5.14. The zero-order valence-electron chi connectivity index (χ0n) is 17.4. The standard InChI is InChI=1S/C22H23ClN4O4S/c1-26-10-9-24-21(26)20(16-5-7-18(23)8-6-16)25-22(28)17-3-2-4-19(15-17)32(29,30)27-11-13-31-14-12-27/h2-10,15,20H,11-14H2,1H3,(H,25,28). The highest BCUT2D eigenvalue weighted by Gasteiger charge is 2.27. The van der Waals surface area contributed by atoms with E-state index in [1.165, 1.54) is 16.4 Å². The molecule has 0 saturated carbocycles. The number of hydrogen-bond donors (Lipinski definition) is 1. The van der Waals surface area contributed by atoms with Gasteiger partial charge in [-0.25, -0.2) is 13.4 Å². The van der Waals surface area contributed by atoms with E-state index in [2.05, 4.69) is 10.3 Å². The molecule has 3 aromatic rings. The van der Waals surface area contributed by atoms with Crippen LogP contribution in [0.2, 0.25) is 5.02 Å². The number of morpholine rings is 1. The molecule has 0 bridgehead atoms. The Labute approximate surface area is 191 Å². The Bertz CT molecular complexity index is 1200. The summed E-state index contributed by atoms with van der Waals surface area (Å²) >= 11 is 6.02. The average Bonchev–Trinajstić information content (AvgIpc) is 3.24. The Morgan fingerprint density at radius 2 is 1.88 bits per heavy atom. The number of imidazole rings is 1. The minimum absolute atomic E-state index is 0.0760. The first-order valence-corrected chi connectivity index (χ1v) is 11.9. The molecule has 1 unspecified atom stereocenters. The van der Waals surface area contributed by atoms with E-state index in [-0.39, 0.29) is 23.5 Å². The molecule has 1 aliphatic heterocycles. The van der Waals surface area contributed by atoms with Gasteiger partial charge in [-0.3, -0.25) is 4.79 Å². The van der Waals surface area contributed by atoms with Crippen molar-refractivity contribution < 1.29 is 17.9 Å². The van der Waals surface area contributed by atoms with E-state index in [0.29, 0.717) is 24.1 Å². The maximum Gasteiger partial charge on any atom is 0.252 e. The Morgan fingerprint density at radius 3 is 2.53 bits per heavy atom. The fourth-order valence-electron chi connectivity index (χ4n) is 3.56. The molecule has 1 atom stereocenters. The lowest BCUT2D eigenvalue weighted by Gasteiger charge is -2.26. The topological polar surface area (TPSA) is 93.5 Å². The van der Waals surface area contributed by atoms with Gasteiger partial charge in [0.1, 0.15) is 11.9 Å². The number of benzene rings is 2. The van der Waals surface area contributed by atoms with Crippen LogP contribution in [-0.2, 0) is 21.8 Å². The lowest BCUT2D eigenvalue weighted by Crippen LogP contribution is -2.40. The monoisotopic (exact) mass is 474 g/mol. The van der Waals surface area contributed by atoms with Crippen LogP contribution in [0.4, 0.5) is 0 Å². The van der Waals surface area contributed by atoms with Crippen molar-refractivity contribution >= 4 is 27.5 Å². The normalized spacial score (nSPS) is 15.9. The Morgan fingerprint density at radius 1 is 1.16 bits per heavy atom. The van der Waals surface area contributed by atoms with Crippen molar-refractivity contribution in [2.75, 3.05) is 26.3 Å². The van der Waals surface area contributed by atoms with Crippen molar-refractivity contribution in [1.82, 2.24) is 19.2 Å². The quantitative estimate of drug-likeness (QED) is 0.592. The van der Waals surface area contributed by atoms with Gasteiger partial charge in [0, 0.05) is 43.1 Å². The van der Waals surface area contributed by atoms with Gasteiger partial charge < -0.3 is 14.6 Å². The zero-order chi connectivity index (χ0) is 22.7. The summed E-state index contributed by atoms with van der Waals surface area (Å²) < 4.78 is 34.4. The van der Waals surface area contributed by atoms with Gasteiger partial charge in [-0.1, -0.05) is 29.8 Å². The second-order valence-electron chi connectivity index (χ2n) is 7.40. The molecule has 32 heavy (non-hydrogen) atoms. The number of nitrogens with zero attached hydrogens (tertiary/aromatic N) is 3. The summed E-state index contributed by atoms with van der Waals surface area (Å²) in [5.41, 5.74) is 1.04. The number of sulfonamides is 1. The molecule has 2 heterocycles. The minimum atomic E-state index is -3.71. The molecule has 0 aliphatic carbocycles. The molecule has 1 aliphatic rings. The van der Waals surface area contributed by atoms with Crippen molar-refractivity contribution in [1.29, 1.82) is 0 Å². The molecular formula is C22H23ClN4O4S. The number of nitrogens with one attached hydrogen (secondary N) is 1. The number of halogens is 1. The van der Waals surface area contributed by atoms with Crippen LogP contribution < -0.4 is 5.32 Å². The van der Waals surface area contributed by atoms with Gasteiger partial charge in [0.25, 0.3) is 5.91 Å². The molecule has 1 fully saturated rings. The van der Waals surface area contributed by atoms with E-state index < -0.39 is 22.0 Å². The maximum atomic E-state index is 13.2. The van der Waals surface area contributed by atoms with Gasteiger partial charge in [0.05, 0.1) is 18.1 Å². The number of amides is 1. The van der Waals surface area contributed by atoms with Crippen LogP contribution in [0.15, 0.2) is 65.8 Å². The molecule has 1 aromatic heterocycles. The highest BCUT2D eigenvalue weighted by Crippen LogP contribution is 2.24. The van der Waals surface area contributed by atoms with E-state index >= 15 is 0 Å². The summed E-state index contributed by atoms with van der Waals surface area (Å²) in [6, 6.07) is 12.6. The summed E-state index contributed by atoms with van der Waals surface area (Å²) in [5, 5.41) is 3.56. The van der Waals surface area contributed by atoms with Gasteiger partial charge in [0.15, 0.2) is 0 Å². The number of aryl methyl sites for hydroxylation is 1. The van der Waals surface area contributed by atoms with Crippen molar-refractivity contribution in [3.63, 3.8) is 0 Å². The third-order valence-electron chi connectivity index (χ3n) is 5.30. The Balaban J connectivity index is 1.62. The van der Waals surface area contributed by atoms with Crippen molar-refractivity contribution in [3.05, 3.63) is 82.9 Å². The molecule has 10 heteroatoms. The van der Waals surface area contributed by atoms with E-state index in [0.717, 1.165) is 5.56 Å². The summed E-state index contributed by atoms with van der Waals surface area (Å²) in [7, 11) is -1.87. The Hall–Kier alpha value is -2.72. The van der Waals surface area contributed by atoms with Gasteiger partial charge in [-0.2, -0.15) is 4.31 Å². The maximum absolute atomic E-state index is 13.2. The molecule has 8 nitrogen and oxygen atoms in total. The second-order valence-corrected chi connectivity index (χ2v) is 9.77.